The summed E-state index contributed by atoms with van der Waals surface area (Å²) in [6.45, 7) is 7.13. The number of hydrogen-bond donors (Lipinski definition) is 0. The molecule has 1 heterocycles. The number of hydrogen-bond acceptors (Lipinski definition) is 6. The maximum Gasteiger partial charge on any atom is 0.351 e. The zero-order valence-electron chi connectivity index (χ0n) is 18.6. The third kappa shape index (κ3) is 2.18. The summed E-state index contributed by atoms with van der Waals surface area (Å²) >= 11 is 0. The van der Waals surface area contributed by atoms with Gasteiger partial charge >= 0.3 is 11.9 Å². The van der Waals surface area contributed by atoms with Crippen LogP contribution in [0.25, 0.3) is 0 Å². The minimum Gasteiger partial charge on any atom is -0.466 e. The molecule has 0 aromatic rings. The summed E-state index contributed by atoms with van der Waals surface area (Å²) in [4.78, 5) is 37.2. The molecule has 0 amide bonds. The first kappa shape index (κ1) is 20.9. The van der Waals surface area contributed by atoms with Crippen molar-refractivity contribution in [2.75, 3.05) is 7.11 Å². The van der Waals surface area contributed by atoms with Crippen LogP contribution in [-0.2, 0) is 28.6 Å². The number of halogens is 1. The van der Waals surface area contributed by atoms with E-state index in [9.17, 15) is 14.4 Å². The van der Waals surface area contributed by atoms with Crippen molar-refractivity contribution < 1.29 is 33.0 Å². The Morgan fingerprint density at radius 3 is 2.58 bits per heavy atom. The predicted molar refractivity (Wildman–Crippen MR) is 107 cm³/mol. The topological polar surface area (TPSA) is 82.2 Å². The molecule has 0 aromatic carbocycles. The largest absolute Gasteiger partial charge is 0.466 e. The fourth-order valence-electron chi connectivity index (χ4n) is 8.03. The van der Waals surface area contributed by atoms with Gasteiger partial charge in [-0.25, -0.2) is 9.18 Å². The van der Waals surface area contributed by atoms with E-state index in [0.29, 0.717) is 18.4 Å². The van der Waals surface area contributed by atoms with Crippen LogP contribution >= 0.6 is 0 Å². The van der Waals surface area contributed by atoms with Crippen molar-refractivity contribution in [3.8, 4) is 0 Å². The molecule has 0 N–H and O–H groups in total. The number of rotatable bonds is 2. The standard InChI is InChI=1S/C24H29FO6/c1-12-8-15-16-10-18(25)17-9-14(27)6-7-21(17,3)24(16)19(31-24)11-22(15,4)23(12,20(28)29-5)30-13(2)26/h6-7,9,12,15-16,18-19H,8,10-11H2,1-5H3/t12-,15+,16+,18?,19+,21+,22+,23+,24-/m1/s1. The monoisotopic (exact) mass is 432 g/mol. The SMILES string of the molecule is COC(=O)[C@@]1(OC(C)=O)[C@H](C)C[C@H]2[C@@H]3CC(F)C4=CC(=O)C=C[C@]4(C)[C@@]34O[C@H]4C[C@@]21C. The highest BCUT2D eigenvalue weighted by Gasteiger charge is 2.84. The van der Waals surface area contributed by atoms with Crippen molar-refractivity contribution in [3.05, 3.63) is 23.8 Å². The van der Waals surface area contributed by atoms with E-state index in [1.807, 2.05) is 26.8 Å². The molecule has 1 aliphatic heterocycles. The Labute approximate surface area is 181 Å². The molecule has 7 heteroatoms. The van der Waals surface area contributed by atoms with Crippen LogP contribution in [0, 0.1) is 28.6 Å². The number of alkyl halides is 1. The number of methoxy groups -OCH3 is 1. The highest BCUT2D eigenvalue weighted by molar-refractivity contribution is 6.01. The second-order valence-corrected chi connectivity index (χ2v) is 10.4. The van der Waals surface area contributed by atoms with Crippen molar-refractivity contribution in [1.82, 2.24) is 0 Å². The number of epoxide rings is 1. The van der Waals surface area contributed by atoms with E-state index in [-0.39, 0.29) is 36.1 Å². The summed E-state index contributed by atoms with van der Waals surface area (Å²) in [6, 6.07) is 0. The molecule has 0 bridgehead atoms. The smallest absolute Gasteiger partial charge is 0.351 e. The van der Waals surface area contributed by atoms with Gasteiger partial charge in [-0.3, -0.25) is 9.59 Å². The van der Waals surface area contributed by atoms with Crippen LogP contribution in [0.1, 0.15) is 47.0 Å². The first-order chi connectivity index (χ1) is 14.5. The Morgan fingerprint density at radius 1 is 1.23 bits per heavy atom. The number of carbonyl (C=O) groups excluding carboxylic acids is 3. The number of esters is 2. The normalized spacial score (nSPS) is 51.6. The van der Waals surface area contributed by atoms with Crippen molar-refractivity contribution in [1.29, 1.82) is 0 Å². The number of carbonyl (C=O) groups is 3. The second kappa shape index (κ2) is 6.06. The molecule has 1 saturated heterocycles. The third-order valence-corrected chi connectivity index (χ3v) is 9.25. The van der Waals surface area contributed by atoms with E-state index in [1.54, 1.807) is 0 Å². The highest BCUT2D eigenvalue weighted by Crippen LogP contribution is 2.77. The van der Waals surface area contributed by atoms with E-state index in [4.69, 9.17) is 14.2 Å². The lowest BCUT2D eigenvalue weighted by Crippen LogP contribution is -2.64. The van der Waals surface area contributed by atoms with Gasteiger partial charge in [0.15, 0.2) is 5.78 Å². The zero-order valence-corrected chi connectivity index (χ0v) is 18.6. The quantitative estimate of drug-likeness (QED) is 0.493. The summed E-state index contributed by atoms with van der Waals surface area (Å²) in [5, 5.41) is 0. The van der Waals surface area contributed by atoms with E-state index in [0.717, 1.165) is 0 Å². The molecule has 168 valence electrons. The van der Waals surface area contributed by atoms with E-state index >= 15 is 4.39 Å². The maximum absolute atomic E-state index is 15.5. The van der Waals surface area contributed by atoms with Crippen LogP contribution in [0.5, 0.6) is 0 Å². The lowest BCUT2D eigenvalue weighted by Gasteiger charge is -2.56. The van der Waals surface area contributed by atoms with E-state index in [1.165, 1.54) is 26.2 Å². The van der Waals surface area contributed by atoms with Gasteiger partial charge in [0.25, 0.3) is 0 Å². The van der Waals surface area contributed by atoms with Crippen LogP contribution in [0.4, 0.5) is 4.39 Å². The fourth-order valence-corrected chi connectivity index (χ4v) is 8.03. The van der Waals surface area contributed by atoms with Gasteiger partial charge in [0.05, 0.1) is 13.2 Å². The Bertz CT molecular complexity index is 956. The maximum atomic E-state index is 15.5. The molecule has 5 aliphatic rings. The lowest BCUT2D eigenvalue weighted by molar-refractivity contribution is -0.205. The molecular weight excluding hydrogens is 403 g/mol. The van der Waals surface area contributed by atoms with Crippen molar-refractivity contribution in [2.24, 2.45) is 28.6 Å². The molecular formula is C24H29FO6. The van der Waals surface area contributed by atoms with Gasteiger partial charge in [-0.1, -0.05) is 19.9 Å². The van der Waals surface area contributed by atoms with Crippen LogP contribution < -0.4 is 0 Å². The number of ketones is 1. The van der Waals surface area contributed by atoms with Crippen LogP contribution in [0.15, 0.2) is 23.8 Å². The highest BCUT2D eigenvalue weighted by atomic mass is 19.1. The van der Waals surface area contributed by atoms with Gasteiger partial charge in [-0.15, -0.1) is 0 Å². The third-order valence-electron chi connectivity index (χ3n) is 9.25. The molecule has 0 aromatic heterocycles. The Balaban J connectivity index is 1.64. The Morgan fingerprint density at radius 2 is 1.94 bits per heavy atom. The number of allylic oxidation sites excluding steroid dienone is 2. The summed E-state index contributed by atoms with van der Waals surface area (Å²) in [6.07, 6.45) is 4.59. The lowest BCUT2D eigenvalue weighted by atomic mass is 9.46. The van der Waals surface area contributed by atoms with Crippen molar-refractivity contribution in [3.63, 3.8) is 0 Å². The molecule has 9 atom stereocenters. The average molecular weight is 432 g/mol. The first-order valence-corrected chi connectivity index (χ1v) is 11.0. The molecule has 1 unspecified atom stereocenters. The van der Waals surface area contributed by atoms with Crippen LogP contribution in [0.2, 0.25) is 0 Å². The molecule has 0 radical (unpaired) electrons. The average Bonchev–Trinajstić information content (AvgIpc) is 3.38. The molecule has 1 spiro atoms. The van der Waals surface area contributed by atoms with Gasteiger partial charge in [-0.05, 0) is 55.7 Å². The molecule has 4 aliphatic carbocycles. The minimum atomic E-state index is -1.43. The number of fused-ring (bicyclic) bond motifs is 3. The van der Waals surface area contributed by atoms with Crippen LogP contribution in [-0.4, -0.2) is 48.3 Å². The Hall–Kier alpha value is -2.02. The first-order valence-electron chi connectivity index (χ1n) is 11.0. The van der Waals surface area contributed by atoms with Gasteiger partial charge in [-0.2, -0.15) is 0 Å². The molecule has 5 rings (SSSR count). The zero-order chi connectivity index (χ0) is 22.6. The van der Waals surface area contributed by atoms with Crippen molar-refractivity contribution in [2.45, 2.75) is 70.4 Å². The molecule has 6 nitrogen and oxygen atoms in total. The van der Waals surface area contributed by atoms with Crippen LogP contribution in [0.3, 0.4) is 0 Å². The van der Waals surface area contributed by atoms with E-state index in [2.05, 4.69) is 0 Å². The fraction of sp³-hybridized carbons (Fsp3) is 0.708. The van der Waals surface area contributed by atoms with Gasteiger partial charge in [0.2, 0.25) is 5.60 Å². The summed E-state index contributed by atoms with van der Waals surface area (Å²) in [7, 11) is 1.30. The van der Waals surface area contributed by atoms with E-state index < -0.39 is 40.1 Å². The van der Waals surface area contributed by atoms with Gasteiger partial charge in [0, 0.05) is 23.7 Å². The summed E-state index contributed by atoms with van der Waals surface area (Å²) < 4.78 is 32.9. The van der Waals surface area contributed by atoms with Gasteiger partial charge in [0.1, 0.15) is 11.8 Å². The second-order valence-electron chi connectivity index (χ2n) is 10.4. The number of ether oxygens (including phenoxy) is 3. The molecule has 3 saturated carbocycles. The minimum absolute atomic E-state index is 0.0950. The van der Waals surface area contributed by atoms with Crippen molar-refractivity contribution >= 4 is 17.7 Å². The predicted octanol–water partition coefficient (Wildman–Crippen LogP) is 3.09. The molecule has 31 heavy (non-hydrogen) atoms. The summed E-state index contributed by atoms with van der Waals surface area (Å²) in [5.74, 6) is -1.84. The Kier molecular flexibility index (Phi) is 4.08. The van der Waals surface area contributed by atoms with Gasteiger partial charge < -0.3 is 14.2 Å². The molecule has 4 fully saturated rings. The summed E-state index contributed by atoms with van der Waals surface area (Å²) in [5.41, 5.74) is -3.00.